The Morgan fingerprint density at radius 2 is 1.41 bits per heavy atom. The molecule has 0 unspecified atom stereocenters. The van der Waals surface area contributed by atoms with E-state index in [-0.39, 0.29) is 0 Å². The second-order valence-corrected chi connectivity index (χ2v) is 13.8. The molecule has 3 rings (SSSR count). The van der Waals surface area contributed by atoms with Crippen molar-refractivity contribution in [1.29, 1.82) is 0 Å². The molecule has 0 amide bonds. The Morgan fingerprint density at radius 3 is 1.95 bits per heavy atom. The first kappa shape index (κ1) is 15.8. The normalized spacial score (nSPS) is 20.5. The van der Waals surface area contributed by atoms with Crippen LogP contribution in [0.5, 0.6) is 11.5 Å². The largest absolute Gasteiger partial charge is 0.518 e. The molecule has 0 aromatic heterocycles. The van der Waals surface area contributed by atoms with Gasteiger partial charge in [-0.25, -0.2) is 0 Å². The van der Waals surface area contributed by atoms with Crippen molar-refractivity contribution in [2.24, 2.45) is 0 Å². The lowest BCUT2D eigenvalue weighted by Gasteiger charge is -2.35. The Kier molecular flexibility index (Phi) is 4.22. The summed E-state index contributed by atoms with van der Waals surface area (Å²) in [4.78, 5) is 0. The molecule has 120 valence electrons. The number of hydrogen-bond donors (Lipinski definition) is 0. The Balaban J connectivity index is 2.11. The van der Waals surface area contributed by atoms with Crippen LogP contribution in [0.3, 0.4) is 0 Å². The Hall–Kier alpha value is -1.05. The first-order valence-electron chi connectivity index (χ1n) is 8.51. The zero-order valence-electron chi connectivity index (χ0n) is 14.1. The highest BCUT2D eigenvalue weighted by Crippen LogP contribution is 2.43. The molecule has 1 aromatic carbocycles. The second kappa shape index (κ2) is 5.87. The van der Waals surface area contributed by atoms with Crippen LogP contribution in [0.25, 0.3) is 6.08 Å². The molecule has 3 nitrogen and oxygen atoms in total. The van der Waals surface area contributed by atoms with Crippen molar-refractivity contribution in [3.05, 3.63) is 29.3 Å². The van der Waals surface area contributed by atoms with Gasteiger partial charge in [-0.05, 0) is 53.9 Å². The van der Waals surface area contributed by atoms with Crippen LogP contribution in [0.1, 0.15) is 38.8 Å². The molecule has 0 fully saturated rings. The third-order valence-electron chi connectivity index (χ3n) is 4.96. The maximum absolute atomic E-state index is 6.71. The number of hydrogen-bond acceptors (Lipinski definition) is 3. The van der Waals surface area contributed by atoms with Crippen LogP contribution in [-0.4, -0.2) is 17.1 Å². The minimum Gasteiger partial charge on any atom is -0.518 e. The van der Waals surface area contributed by atoms with E-state index in [9.17, 15) is 0 Å². The van der Waals surface area contributed by atoms with E-state index < -0.39 is 17.1 Å². The van der Waals surface area contributed by atoms with E-state index in [2.05, 4.69) is 52.0 Å². The van der Waals surface area contributed by atoms with Crippen molar-refractivity contribution in [3.63, 3.8) is 0 Å². The highest BCUT2D eigenvalue weighted by atomic mass is 28.5. The van der Waals surface area contributed by atoms with Crippen molar-refractivity contribution < 1.29 is 13.0 Å². The number of allylic oxidation sites excluding steroid dienone is 1. The van der Waals surface area contributed by atoms with Gasteiger partial charge in [-0.1, -0.05) is 39.8 Å². The van der Waals surface area contributed by atoms with Crippen molar-refractivity contribution in [2.45, 2.75) is 58.3 Å². The molecule has 1 heterocycles. The minimum absolute atomic E-state index is 0.900. The van der Waals surface area contributed by atoms with E-state index >= 15 is 0 Å². The first-order valence-corrected chi connectivity index (χ1v) is 13.0. The van der Waals surface area contributed by atoms with E-state index in [0.29, 0.717) is 0 Å². The summed E-state index contributed by atoms with van der Waals surface area (Å²) in [6, 6.07) is 8.20. The fourth-order valence-electron chi connectivity index (χ4n) is 3.28. The molecule has 1 aliphatic heterocycles. The topological polar surface area (TPSA) is 27.7 Å². The Labute approximate surface area is 135 Å². The monoisotopic (exact) mass is 334 g/mol. The van der Waals surface area contributed by atoms with Gasteiger partial charge < -0.3 is 13.0 Å². The third kappa shape index (κ3) is 2.55. The van der Waals surface area contributed by atoms with E-state index in [1.165, 1.54) is 11.1 Å². The SMILES string of the molecule is CC[Si]1(CC)Oc2cc3c(cc2O[Si](CC)(CC)O1)CC=C3. The van der Waals surface area contributed by atoms with Crippen molar-refractivity contribution in [1.82, 2.24) is 0 Å². The van der Waals surface area contributed by atoms with Gasteiger partial charge in [0.2, 0.25) is 0 Å². The molecule has 0 spiro atoms. The summed E-state index contributed by atoms with van der Waals surface area (Å²) in [5, 5.41) is 0. The summed E-state index contributed by atoms with van der Waals surface area (Å²) < 4.78 is 19.8. The molecular formula is C17H26O3Si2. The Morgan fingerprint density at radius 1 is 0.864 bits per heavy atom. The van der Waals surface area contributed by atoms with Crippen molar-refractivity contribution >= 4 is 23.2 Å². The van der Waals surface area contributed by atoms with E-state index in [1.807, 2.05) is 0 Å². The van der Waals surface area contributed by atoms with Gasteiger partial charge in [0.05, 0.1) is 0 Å². The molecule has 0 bridgehead atoms. The molecular weight excluding hydrogens is 308 g/mol. The van der Waals surface area contributed by atoms with Gasteiger partial charge in [-0.3, -0.25) is 0 Å². The lowest BCUT2D eigenvalue weighted by molar-refractivity contribution is 0.342. The summed E-state index contributed by atoms with van der Waals surface area (Å²) in [5.41, 5.74) is 2.60. The predicted octanol–water partition coefficient (Wildman–Crippen LogP) is 5.01. The minimum atomic E-state index is -2.23. The van der Waals surface area contributed by atoms with E-state index in [4.69, 9.17) is 13.0 Å². The van der Waals surface area contributed by atoms with Crippen LogP contribution in [0.4, 0.5) is 0 Å². The molecule has 0 N–H and O–H groups in total. The number of benzene rings is 1. The summed E-state index contributed by atoms with van der Waals surface area (Å²) in [6.07, 6.45) is 5.37. The highest BCUT2D eigenvalue weighted by molar-refractivity contribution is 6.82. The maximum atomic E-state index is 6.71. The fraction of sp³-hybridized carbons (Fsp3) is 0.529. The average Bonchev–Trinajstić information content (AvgIpc) is 2.94. The average molecular weight is 335 g/mol. The first-order chi connectivity index (χ1) is 10.6. The standard InChI is InChI=1S/C17H26O3Si2/c1-5-21(6-2)18-16-12-14-10-9-11-15(14)13-17(16)19-22(7-3,8-4)20-21/h9-10,12-13H,5-8,11H2,1-4H3. The molecule has 5 heteroatoms. The molecule has 0 atom stereocenters. The molecule has 0 saturated carbocycles. The van der Waals surface area contributed by atoms with Crippen LogP contribution in [0.2, 0.25) is 24.2 Å². The predicted molar refractivity (Wildman–Crippen MR) is 95.0 cm³/mol. The van der Waals surface area contributed by atoms with Gasteiger partial charge in [-0.2, -0.15) is 0 Å². The summed E-state index contributed by atoms with van der Waals surface area (Å²) in [5.74, 6) is 1.81. The van der Waals surface area contributed by atoms with E-state index in [1.54, 1.807) is 0 Å². The third-order valence-corrected chi connectivity index (χ3v) is 13.4. The van der Waals surface area contributed by atoms with Crippen LogP contribution in [0.15, 0.2) is 18.2 Å². The molecule has 2 aliphatic rings. The smallest absolute Gasteiger partial charge is 0.390 e. The molecule has 1 aromatic rings. The molecule has 0 radical (unpaired) electrons. The zero-order chi connectivity index (χ0) is 15.8. The zero-order valence-corrected chi connectivity index (χ0v) is 16.1. The highest BCUT2D eigenvalue weighted by Gasteiger charge is 2.50. The van der Waals surface area contributed by atoms with Gasteiger partial charge in [0.15, 0.2) is 0 Å². The summed E-state index contributed by atoms with van der Waals surface area (Å²) in [7, 11) is -4.46. The fourth-order valence-corrected chi connectivity index (χ4v) is 11.3. The van der Waals surface area contributed by atoms with Gasteiger partial charge in [0, 0.05) is 0 Å². The second-order valence-electron chi connectivity index (χ2n) is 6.15. The van der Waals surface area contributed by atoms with Crippen LogP contribution >= 0.6 is 0 Å². The number of fused-ring (bicyclic) bond motifs is 2. The lowest BCUT2D eigenvalue weighted by atomic mass is 10.1. The molecule has 22 heavy (non-hydrogen) atoms. The van der Waals surface area contributed by atoms with Crippen molar-refractivity contribution in [2.75, 3.05) is 0 Å². The maximum Gasteiger partial charge on any atom is 0.390 e. The molecule has 1 aliphatic carbocycles. The lowest BCUT2D eigenvalue weighted by Crippen LogP contribution is -2.55. The summed E-state index contributed by atoms with van der Waals surface area (Å²) in [6.45, 7) is 8.77. The molecule has 0 saturated heterocycles. The van der Waals surface area contributed by atoms with Crippen molar-refractivity contribution in [3.8, 4) is 11.5 Å². The summed E-state index contributed by atoms with van der Waals surface area (Å²) >= 11 is 0. The van der Waals surface area contributed by atoms with Crippen LogP contribution < -0.4 is 8.85 Å². The van der Waals surface area contributed by atoms with Gasteiger partial charge in [0.1, 0.15) is 11.5 Å². The van der Waals surface area contributed by atoms with Gasteiger partial charge in [0.25, 0.3) is 0 Å². The van der Waals surface area contributed by atoms with E-state index in [0.717, 1.165) is 42.1 Å². The number of rotatable bonds is 4. The van der Waals surface area contributed by atoms with Gasteiger partial charge in [-0.15, -0.1) is 0 Å². The van der Waals surface area contributed by atoms with Crippen LogP contribution in [0, 0.1) is 0 Å². The van der Waals surface area contributed by atoms with Crippen LogP contribution in [-0.2, 0) is 10.5 Å². The Bertz CT molecular complexity index is 590. The quantitative estimate of drug-likeness (QED) is 0.725. The van der Waals surface area contributed by atoms with Gasteiger partial charge >= 0.3 is 17.1 Å².